The standard InChI is InChI=1S/C16H25N/c1-3-13(2)10-16(12-17)9-8-14-6-4-5-7-15(14)11-16/h4-7,13H,3,8-12,17H2,1-2H3. The molecule has 2 atom stereocenters. The minimum Gasteiger partial charge on any atom is -0.330 e. The van der Waals surface area contributed by atoms with Gasteiger partial charge in [-0.1, -0.05) is 44.5 Å². The van der Waals surface area contributed by atoms with E-state index in [0.717, 1.165) is 12.5 Å². The highest BCUT2D eigenvalue weighted by molar-refractivity contribution is 5.31. The maximum atomic E-state index is 6.10. The van der Waals surface area contributed by atoms with Gasteiger partial charge in [0.25, 0.3) is 0 Å². The summed E-state index contributed by atoms with van der Waals surface area (Å²) in [6.07, 6.45) is 6.22. The second kappa shape index (κ2) is 5.22. The predicted molar refractivity (Wildman–Crippen MR) is 74.0 cm³/mol. The zero-order valence-corrected chi connectivity index (χ0v) is 11.2. The van der Waals surface area contributed by atoms with Crippen LogP contribution in [-0.4, -0.2) is 6.54 Å². The van der Waals surface area contributed by atoms with Gasteiger partial charge in [0.05, 0.1) is 0 Å². The lowest BCUT2D eigenvalue weighted by atomic mass is 9.67. The number of hydrogen-bond donors (Lipinski definition) is 1. The van der Waals surface area contributed by atoms with Crippen molar-refractivity contribution in [3.05, 3.63) is 35.4 Å². The van der Waals surface area contributed by atoms with E-state index in [2.05, 4.69) is 38.1 Å². The molecule has 94 valence electrons. The van der Waals surface area contributed by atoms with Crippen molar-refractivity contribution < 1.29 is 0 Å². The third-order valence-electron chi connectivity index (χ3n) is 4.52. The van der Waals surface area contributed by atoms with E-state index in [0.29, 0.717) is 5.41 Å². The van der Waals surface area contributed by atoms with Gasteiger partial charge in [0, 0.05) is 0 Å². The fourth-order valence-corrected chi connectivity index (χ4v) is 3.18. The highest BCUT2D eigenvalue weighted by atomic mass is 14.6. The summed E-state index contributed by atoms with van der Waals surface area (Å²) in [7, 11) is 0. The summed E-state index contributed by atoms with van der Waals surface area (Å²) in [5.74, 6) is 0.795. The van der Waals surface area contributed by atoms with Crippen LogP contribution in [0.15, 0.2) is 24.3 Å². The van der Waals surface area contributed by atoms with Gasteiger partial charge in [0.1, 0.15) is 0 Å². The molecular formula is C16H25N. The number of rotatable bonds is 4. The molecule has 0 saturated carbocycles. The molecule has 1 aliphatic rings. The highest BCUT2D eigenvalue weighted by Crippen LogP contribution is 2.40. The summed E-state index contributed by atoms with van der Waals surface area (Å²) in [6.45, 7) is 5.48. The van der Waals surface area contributed by atoms with Gasteiger partial charge in [-0.25, -0.2) is 0 Å². The van der Waals surface area contributed by atoms with Crippen molar-refractivity contribution in [3.8, 4) is 0 Å². The van der Waals surface area contributed by atoms with Crippen LogP contribution in [-0.2, 0) is 12.8 Å². The Morgan fingerprint density at radius 3 is 2.65 bits per heavy atom. The van der Waals surface area contributed by atoms with Crippen molar-refractivity contribution in [3.63, 3.8) is 0 Å². The molecule has 0 bridgehead atoms. The Morgan fingerprint density at radius 2 is 2.00 bits per heavy atom. The minimum atomic E-state index is 0.365. The SMILES string of the molecule is CCC(C)CC1(CN)CCc2ccccc2C1. The van der Waals surface area contributed by atoms with Crippen LogP contribution in [0.25, 0.3) is 0 Å². The first-order valence-corrected chi connectivity index (χ1v) is 6.96. The average molecular weight is 231 g/mol. The third-order valence-corrected chi connectivity index (χ3v) is 4.52. The Bertz CT molecular complexity index is 372. The smallest absolute Gasteiger partial charge is 0.00171 e. The van der Waals surface area contributed by atoms with Gasteiger partial charge in [-0.2, -0.15) is 0 Å². The van der Waals surface area contributed by atoms with E-state index in [9.17, 15) is 0 Å². The van der Waals surface area contributed by atoms with Gasteiger partial charge in [-0.15, -0.1) is 0 Å². The summed E-state index contributed by atoms with van der Waals surface area (Å²) >= 11 is 0. The van der Waals surface area contributed by atoms with Crippen molar-refractivity contribution in [2.24, 2.45) is 17.1 Å². The van der Waals surface area contributed by atoms with Crippen molar-refractivity contribution in [1.82, 2.24) is 0 Å². The molecular weight excluding hydrogens is 206 g/mol. The van der Waals surface area contributed by atoms with Gasteiger partial charge in [-0.05, 0) is 54.7 Å². The van der Waals surface area contributed by atoms with E-state index >= 15 is 0 Å². The molecule has 0 aromatic heterocycles. The zero-order chi connectivity index (χ0) is 12.3. The largest absolute Gasteiger partial charge is 0.330 e. The van der Waals surface area contributed by atoms with Gasteiger partial charge in [0.2, 0.25) is 0 Å². The van der Waals surface area contributed by atoms with Crippen molar-refractivity contribution in [2.75, 3.05) is 6.54 Å². The molecule has 17 heavy (non-hydrogen) atoms. The Hall–Kier alpha value is -0.820. The molecule has 0 heterocycles. The topological polar surface area (TPSA) is 26.0 Å². The fourth-order valence-electron chi connectivity index (χ4n) is 3.18. The molecule has 0 saturated heterocycles. The Morgan fingerprint density at radius 1 is 1.29 bits per heavy atom. The molecule has 2 rings (SSSR count). The number of benzene rings is 1. The van der Waals surface area contributed by atoms with Crippen LogP contribution in [0.4, 0.5) is 0 Å². The quantitative estimate of drug-likeness (QED) is 0.842. The molecule has 1 aliphatic carbocycles. The zero-order valence-electron chi connectivity index (χ0n) is 11.2. The second-order valence-electron chi connectivity index (χ2n) is 5.87. The van der Waals surface area contributed by atoms with Crippen molar-refractivity contribution >= 4 is 0 Å². The van der Waals surface area contributed by atoms with E-state index in [1.54, 1.807) is 5.56 Å². The molecule has 1 aromatic carbocycles. The molecule has 2 unspecified atom stereocenters. The average Bonchev–Trinajstić information content (AvgIpc) is 2.38. The summed E-state index contributed by atoms with van der Waals surface area (Å²) in [6, 6.07) is 8.88. The number of nitrogens with two attached hydrogens (primary N) is 1. The first-order chi connectivity index (χ1) is 8.19. The summed E-state index contributed by atoms with van der Waals surface area (Å²) in [5.41, 5.74) is 9.54. The van der Waals surface area contributed by atoms with Crippen LogP contribution >= 0.6 is 0 Å². The first-order valence-electron chi connectivity index (χ1n) is 6.96. The molecule has 1 aromatic rings. The molecule has 1 nitrogen and oxygen atoms in total. The molecule has 0 spiro atoms. The minimum absolute atomic E-state index is 0.365. The van der Waals surface area contributed by atoms with E-state index in [1.165, 1.54) is 37.7 Å². The van der Waals surface area contributed by atoms with Crippen LogP contribution in [0.2, 0.25) is 0 Å². The van der Waals surface area contributed by atoms with Gasteiger partial charge < -0.3 is 5.73 Å². The van der Waals surface area contributed by atoms with E-state index in [-0.39, 0.29) is 0 Å². The molecule has 0 aliphatic heterocycles. The van der Waals surface area contributed by atoms with Crippen molar-refractivity contribution in [1.29, 1.82) is 0 Å². The first kappa shape index (κ1) is 12.6. The van der Waals surface area contributed by atoms with Crippen LogP contribution in [0, 0.1) is 11.3 Å². The van der Waals surface area contributed by atoms with Gasteiger partial charge in [-0.3, -0.25) is 0 Å². The number of fused-ring (bicyclic) bond motifs is 1. The number of aryl methyl sites for hydroxylation is 1. The normalized spacial score (nSPS) is 25.4. The molecule has 1 heteroatoms. The summed E-state index contributed by atoms with van der Waals surface area (Å²) in [4.78, 5) is 0. The van der Waals surface area contributed by atoms with Crippen LogP contribution in [0.3, 0.4) is 0 Å². The maximum absolute atomic E-state index is 6.10. The lowest BCUT2D eigenvalue weighted by Gasteiger charge is -2.39. The molecule has 0 amide bonds. The Kier molecular flexibility index (Phi) is 3.88. The number of hydrogen-bond acceptors (Lipinski definition) is 1. The van der Waals surface area contributed by atoms with E-state index < -0.39 is 0 Å². The molecule has 0 fully saturated rings. The van der Waals surface area contributed by atoms with E-state index in [1.807, 2.05) is 0 Å². The second-order valence-corrected chi connectivity index (χ2v) is 5.87. The lowest BCUT2D eigenvalue weighted by molar-refractivity contribution is 0.196. The van der Waals surface area contributed by atoms with Crippen LogP contribution in [0.5, 0.6) is 0 Å². The van der Waals surface area contributed by atoms with Gasteiger partial charge >= 0.3 is 0 Å². The fraction of sp³-hybridized carbons (Fsp3) is 0.625. The Balaban J connectivity index is 2.17. The predicted octanol–water partition coefficient (Wildman–Crippen LogP) is 3.56. The maximum Gasteiger partial charge on any atom is -0.00171 e. The van der Waals surface area contributed by atoms with E-state index in [4.69, 9.17) is 5.73 Å². The monoisotopic (exact) mass is 231 g/mol. The van der Waals surface area contributed by atoms with Crippen molar-refractivity contribution in [2.45, 2.75) is 46.0 Å². The third kappa shape index (κ3) is 2.71. The Labute approximate surface area is 105 Å². The molecule has 0 radical (unpaired) electrons. The van der Waals surface area contributed by atoms with Crippen LogP contribution in [0.1, 0.15) is 44.2 Å². The summed E-state index contributed by atoms with van der Waals surface area (Å²) < 4.78 is 0. The van der Waals surface area contributed by atoms with Crippen LogP contribution < -0.4 is 5.73 Å². The lowest BCUT2D eigenvalue weighted by Crippen LogP contribution is -2.37. The van der Waals surface area contributed by atoms with Gasteiger partial charge in [0.15, 0.2) is 0 Å². The summed E-state index contributed by atoms with van der Waals surface area (Å²) in [5, 5.41) is 0. The highest BCUT2D eigenvalue weighted by Gasteiger charge is 2.33. The molecule has 2 N–H and O–H groups in total.